The van der Waals surface area contributed by atoms with Crippen LogP contribution in [0, 0.1) is 0 Å². The van der Waals surface area contributed by atoms with Gasteiger partial charge in [0.1, 0.15) is 11.7 Å². The summed E-state index contributed by atoms with van der Waals surface area (Å²) in [6.07, 6.45) is 6.91. The van der Waals surface area contributed by atoms with E-state index < -0.39 is 36.2 Å². The molecule has 2 aromatic rings. The van der Waals surface area contributed by atoms with Crippen LogP contribution in [0.3, 0.4) is 0 Å². The summed E-state index contributed by atoms with van der Waals surface area (Å²) in [6, 6.07) is 9.38. The maximum atomic E-state index is 13.4. The largest absolute Gasteiger partial charge is 0.481 e. The molecule has 0 radical (unpaired) electrons. The number of rotatable bonds is 12. The fraction of sp³-hybridized carbons (Fsp3) is 0.538. The molecule has 3 rings (SSSR count). The summed E-state index contributed by atoms with van der Waals surface area (Å²) in [4.78, 5) is 34.0. The van der Waals surface area contributed by atoms with Gasteiger partial charge < -0.3 is 24.7 Å². The van der Waals surface area contributed by atoms with Crippen LogP contribution in [0.2, 0.25) is 0 Å². The number of aromatic nitrogens is 2. The first-order valence-corrected chi connectivity index (χ1v) is 12.4. The average Bonchev–Trinajstić information content (AvgIpc) is 3.08. The van der Waals surface area contributed by atoms with Gasteiger partial charge in [-0.05, 0) is 58.9 Å². The quantitative estimate of drug-likeness (QED) is 0.435. The predicted molar refractivity (Wildman–Crippen MR) is 137 cm³/mol. The number of methoxy groups -OCH3 is 1. The second-order valence-corrected chi connectivity index (χ2v) is 10.0. The molecule has 0 bridgehead atoms. The summed E-state index contributed by atoms with van der Waals surface area (Å²) in [5.41, 5.74) is 0.301. The van der Waals surface area contributed by atoms with Gasteiger partial charge in [-0.3, -0.25) is 14.6 Å². The summed E-state index contributed by atoms with van der Waals surface area (Å²) in [5.74, 6) is -1.21. The molecule has 36 heavy (non-hydrogen) atoms. The first kappa shape index (κ1) is 27.8. The summed E-state index contributed by atoms with van der Waals surface area (Å²) in [7, 11) is 0.935. The monoisotopic (exact) mass is 496 g/mol. The summed E-state index contributed by atoms with van der Waals surface area (Å²) < 4.78 is 17.7. The highest BCUT2D eigenvalue weighted by atomic mass is 16.7. The third-order valence-electron chi connectivity index (χ3n) is 6.78. The Kier molecular flexibility index (Phi) is 9.59. The lowest BCUT2D eigenvalue weighted by atomic mass is 9.75. The maximum Gasteiger partial charge on any atom is 0.481 e. The number of nitrogens with zero attached hydrogens (tertiary/aromatic N) is 2. The number of aryl methyl sites for hydroxylation is 1. The average molecular weight is 496 g/mol. The van der Waals surface area contributed by atoms with Crippen LogP contribution in [0.1, 0.15) is 63.0 Å². The molecule has 2 amide bonds. The van der Waals surface area contributed by atoms with Crippen LogP contribution in [0.5, 0.6) is 0 Å². The van der Waals surface area contributed by atoms with E-state index in [9.17, 15) is 9.59 Å². The molecule has 1 aromatic heterocycles. The second kappa shape index (κ2) is 12.4. The molecule has 1 saturated heterocycles. The first-order valence-electron chi connectivity index (χ1n) is 12.4. The Bertz CT molecular complexity index is 974. The van der Waals surface area contributed by atoms with Crippen LogP contribution in [0.4, 0.5) is 0 Å². The molecule has 2 N–H and O–H groups in total. The van der Waals surface area contributed by atoms with Gasteiger partial charge in [-0.2, -0.15) is 0 Å². The van der Waals surface area contributed by atoms with Crippen molar-refractivity contribution in [1.82, 2.24) is 20.6 Å². The molecule has 2 heterocycles. The van der Waals surface area contributed by atoms with Gasteiger partial charge in [0, 0.05) is 26.1 Å². The van der Waals surface area contributed by atoms with Gasteiger partial charge in [0.05, 0.1) is 23.3 Å². The lowest BCUT2D eigenvalue weighted by molar-refractivity contribution is -0.123. The van der Waals surface area contributed by atoms with Crippen molar-refractivity contribution in [3.63, 3.8) is 0 Å². The molecule has 194 valence electrons. The number of hydrogen-bond donors (Lipinski definition) is 2. The topological polar surface area (TPSA) is 112 Å². The minimum absolute atomic E-state index is 0.137. The molecular formula is C26H37BN4O5. The Morgan fingerprint density at radius 1 is 1.03 bits per heavy atom. The highest BCUT2D eigenvalue weighted by Crippen LogP contribution is 2.38. The van der Waals surface area contributed by atoms with Gasteiger partial charge >= 0.3 is 7.12 Å². The molecule has 1 aliphatic rings. The highest BCUT2D eigenvalue weighted by Gasteiger charge is 2.54. The Hall–Kier alpha value is -2.82. The van der Waals surface area contributed by atoms with Gasteiger partial charge in [0.2, 0.25) is 5.91 Å². The van der Waals surface area contributed by atoms with E-state index in [1.165, 1.54) is 24.2 Å². The smallest absolute Gasteiger partial charge is 0.402 e. The number of carbonyl (C=O) groups excluding carboxylic acids is 2. The van der Waals surface area contributed by atoms with Crippen LogP contribution in [0.25, 0.3) is 0 Å². The summed E-state index contributed by atoms with van der Waals surface area (Å²) in [6.45, 7) is 8.24. The van der Waals surface area contributed by atoms with Crippen molar-refractivity contribution in [2.24, 2.45) is 0 Å². The van der Waals surface area contributed by atoms with Crippen molar-refractivity contribution in [2.75, 3.05) is 13.7 Å². The SMILES string of the molecule is COCCC(NC(=O)c1cnccn1)C(=O)N[C@@H](CCCc1ccccc1)B1OC(C)(C)C(C)(C)O1. The lowest BCUT2D eigenvalue weighted by Crippen LogP contribution is -2.55. The number of amides is 2. The fourth-order valence-corrected chi connectivity index (χ4v) is 3.94. The van der Waals surface area contributed by atoms with Gasteiger partial charge in [-0.1, -0.05) is 30.3 Å². The number of ether oxygens (including phenoxy) is 1. The van der Waals surface area contributed by atoms with Gasteiger partial charge in [0.15, 0.2) is 0 Å². The van der Waals surface area contributed by atoms with Crippen molar-refractivity contribution in [2.45, 2.75) is 76.6 Å². The molecule has 0 spiro atoms. The summed E-state index contributed by atoms with van der Waals surface area (Å²) >= 11 is 0. The zero-order chi connectivity index (χ0) is 26.2. The van der Waals surface area contributed by atoms with Gasteiger partial charge in [0.25, 0.3) is 5.91 Å². The fourth-order valence-electron chi connectivity index (χ4n) is 3.94. The van der Waals surface area contributed by atoms with E-state index in [0.717, 1.165) is 12.8 Å². The Morgan fingerprint density at radius 3 is 2.33 bits per heavy atom. The summed E-state index contributed by atoms with van der Waals surface area (Å²) in [5, 5.41) is 5.85. The van der Waals surface area contributed by atoms with Crippen LogP contribution in [-0.4, -0.2) is 65.8 Å². The van der Waals surface area contributed by atoms with Crippen molar-refractivity contribution >= 4 is 18.9 Å². The molecule has 10 heteroatoms. The minimum Gasteiger partial charge on any atom is -0.402 e. The van der Waals surface area contributed by atoms with Crippen molar-refractivity contribution < 1.29 is 23.6 Å². The van der Waals surface area contributed by atoms with E-state index in [0.29, 0.717) is 19.4 Å². The Morgan fingerprint density at radius 2 is 1.72 bits per heavy atom. The molecule has 1 aromatic carbocycles. The second-order valence-electron chi connectivity index (χ2n) is 10.0. The Labute approximate surface area is 213 Å². The third kappa shape index (κ3) is 7.35. The van der Waals surface area contributed by atoms with E-state index in [1.54, 1.807) is 7.11 Å². The number of nitrogens with one attached hydrogen (secondary N) is 2. The van der Waals surface area contributed by atoms with E-state index in [1.807, 2.05) is 45.9 Å². The molecule has 1 unspecified atom stereocenters. The third-order valence-corrected chi connectivity index (χ3v) is 6.78. The van der Waals surface area contributed by atoms with Crippen molar-refractivity contribution in [1.29, 1.82) is 0 Å². The molecule has 2 atom stereocenters. The predicted octanol–water partition coefficient (Wildman–Crippen LogP) is 2.75. The van der Waals surface area contributed by atoms with E-state index >= 15 is 0 Å². The molecular weight excluding hydrogens is 459 g/mol. The van der Waals surface area contributed by atoms with E-state index in [-0.39, 0.29) is 11.6 Å². The molecule has 0 saturated carbocycles. The standard InChI is InChI=1S/C26H37BN4O5/c1-25(2)26(3,4)36-27(35-25)22(13-9-12-19-10-7-6-8-11-19)31-23(32)20(14-17-34-5)30-24(33)21-18-28-15-16-29-21/h6-8,10-11,15-16,18,20,22H,9,12-14,17H2,1-5H3,(H,30,33)(H,31,32)/t20?,22-/m0/s1. The Balaban J connectivity index is 1.72. The molecule has 0 aliphatic carbocycles. The van der Waals surface area contributed by atoms with Crippen LogP contribution < -0.4 is 10.6 Å². The van der Waals surface area contributed by atoms with Gasteiger partial charge in [-0.25, -0.2) is 4.98 Å². The molecule has 9 nitrogen and oxygen atoms in total. The number of carbonyl (C=O) groups is 2. The van der Waals surface area contributed by atoms with E-state index in [2.05, 4.69) is 32.7 Å². The van der Waals surface area contributed by atoms with Crippen LogP contribution in [-0.2, 0) is 25.3 Å². The maximum absolute atomic E-state index is 13.4. The van der Waals surface area contributed by atoms with E-state index in [4.69, 9.17) is 14.0 Å². The highest BCUT2D eigenvalue weighted by molar-refractivity contribution is 6.48. The normalized spacial score (nSPS) is 17.9. The number of hydrogen-bond acceptors (Lipinski definition) is 7. The molecule has 1 aliphatic heterocycles. The molecule has 1 fully saturated rings. The number of benzene rings is 1. The van der Waals surface area contributed by atoms with Crippen molar-refractivity contribution in [3.8, 4) is 0 Å². The van der Waals surface area contributed by atoms with Crippen molar-refractivity contribution in [3.05, 3.63) is 60.2 Å². The zero-order valence-electron chi connectivity index (χ0n) is 21.8. The lowest BCUT2D eigenvalue weighted by Gasteiger charge is -2.32. The van der Waals surface area contributed by atoms with Crippen LogP contribution >= 0.6 is 0 Å². The first-order chi connectivity index (χ1) is 17.1. The zero-order valence-corrected chi connectivity index (χ0v) is 21.8. The van der Waals surface area contributed by atoms with Crippen LogP contribution in [0.15, 0.2) is 48.9 Å². The van der Waals surface area contributed by atoms with Gasteiger partial charge in [-0.15, -0.1) is 0 Å². The minimum atomic E-state index is -0.821.